The van der Waals surface area contributed by atoms with Crippen LogP contribution in [0.5, 0.6) is 0 Å². The van der Waals surface area contributed by atoms with Crippen LogP contribution in [0.3, 0.4) is 0 Å². The van der Waals surface area contributed by atoms with Gasteiger partial charge < -0.3 is 10.6 Å². The zero-order chi connectivity index (χ0) is 14.3. The van der Waals surface area contributed by atoms with Crippen molar-refractivity contribution in [2.75, 3.05) is 39.3 Å². The van der Waals surface area contributed by atoms with Crippen molar-refractivity contribution in [3.63, 3.8) is 0 Å². The van der Waals surface area contributed by atoms with Crippen LogP contribution in [-0.4, -0.2) is 61.2 Å². The zero-order valence-corrected chi connectivity index (χ0v) is 11.1. The lowest BCUT2D eigenvalue weighted by Gasteiger charge is -2.26. The Morgan fingerprint density at radius 3 is 2.21 bits per heavy atom. The summed E-state index contributed by atoms with van der Waals surface area (Å²) in [5, 5.41) is 0. The molecule has 0 spiro atoms. The Morgan fingerprint density at radius 2 is 1.74 bits per heavy atom. The van der Waals surface area contributed by atoms with E-state index in [0.717, 1.165) is 30.6 Å². The van der Waals surface area contributed by atoms with Gasteiger partial charge in [-0.25, -0.2) is 0 Å². The smallest absolute Gasteiger partial charge is 0.342 e. The Hall–Kier alpha value is -0.820. The molecule has 7 heteroatoms. The molecule has 1 saturated heterocycles. The zero-order valence-electron chi connectivity index (χ0n) is 11.1. The summed E-state index contributed by atoms with van der Waals surface area (Å²) in [6.45, 7) is 0.228. The number of rotatable bonds is 5. The number of hydrogen-bond acceptors (Lipinski definition) is 3. The summed E-state index contributed by atoms with van der Waals surface area (Å²) in [5.74, 6) is -0.223. The van der Waals surface area contributed by atoms with Crippen molar-refractivity contribution in [2.45, 2.75) is 31.9 Å². The Balaban J connectivity index is 2.49. The van der Waals surface area contributed by atoms with E-state index in [4.69, 9.17) is 5.73 Å². The number of likely N-dealkylation sites (tertiary alicyclic amines) is 1. The molecule has 0 aromatic carbocycles. The summed E-state index contributed by atoms with van der Waals surface area (Å²) in [6.07, 6.45) is -0.268. The van der Waals surface area contributed by atoms with Crippen LogP contribution in [0.4, 0.5) is 13.2 Å². The predicted molar refractivity (Wildman–Crippen MR) is 66.6 cm³/mol. The molecular formula is C12H22F3N3O. The molecule has 0 atom stereocenters. The number of nitrogens with zero attached hydrogens (tertiary/aromatic N) is 2. The van der Waals surface area contributed by atoms with Gasteiger partial charge in [0.1, 0.15) is 0 Å². The molecule has 4 nitrogen and oxygen atoms in total. The highest BCUT2D eigenvalue weighted by molar-refractivity contribution is 5.78. The number of hydrogen-bond donors (Lipinski definition) is 1. The highest BCUT2D eigenvalue weighted by atomic mass is 19.4. The predicted octanol–water partition coefficient (Wildman–Crippen LogP) is 1.21. The number of carbonyl (C=O) groups is 1. The first-order valence-corrected chi connectivity index (χ1v) is 6.69. The molecule has 0 aliphatic carbocycles. The summed E-state index contributed by atoms with van der Waals surface area (Å²) in [5.41, 5.74) is 5.29. The van der Waals surface area contributed by atoms with Crippen LogP contribution in [0.2, 0.25) is 0 Å². The lowest BCUT2D eigenvalue weighted by molar-refractivity contribution is -0.151. The molecule has 1 amide bonds. The molecule has 0 unspecified atom stereocenters. The number of halogens is 3. The van der Waals surface area contributed by atoms with Crippen LogP contribution in [-0.2, 0) is 4.79 Å². The standard InChI is InChI=1S/C12H22F3N3O/c13-12(14,15)10-17(8-5-16)9-11(19)18-6-3-1-2-4-7-18/h1-10,16H2. The van der Waals surface area contributed by atoms with Gasteiger partial charge in [0.05, 0.1) is 13.1 Å². The highest BCUT2D eigenvalue weighted by Gasteiger charge is 2.31. The van der Waals surface area contributed by atoms with Crippen molar-refractivity contribution in [1.29, 1.82) is 0 Å². The topological polar surface area (TPSA) is 49.6 Å². The van der Waals surface area contributed by atoms with Gasteiger partial charge >= 0.3 is 6.18 Å². The molecule has 1 aliphatic heterocycles. The molecule has 0 aromatic rings. The van der Waals surface area contributed by atoms with Crippen molar-refractivity contribution in [2.24, 2.45) is 5.73 Å². The SMILES string of the molecule is NCCN(CC(=O)N1CCCCCC1)CC(F)(F)F. The number of carbonyl (C=O) groups excluding carboxylic acids is 1. The van der Waals surface area contributed by atoms with E-state index < -0.39 is 12.7 Å². The van der Waals surface area contributed by atoms with Crippen molar-refractivity contribution in [1.82, 2.24) is 9.80 Å². The fourth-order valence-electron chi connectivity index (χ4n) is 2.26. The Labute approximate surface area is 111 Å². The summed E-state index contributed by atoms with van der Waals surface area (Å²) in [6, 6.07) is 0. The van der Waals surface area contributed by atoms with Gasteiger partial charge in [0.2, 0.25) is 5.91 Å². The molecular weight excluding hydrogens is 259 g/mol. The lowest BCUT2D eigenvalue weighted by Crippen LogP contribution is -2.45. The Bertz CT molecular complexity index is 276. The largest absolute Gasteiger partial charge is 0.401 e. The minimum Gasteiger partial charge on any atom is -0.342 e. The average molecular weight is 281 g/mol. The van der Waals surface area contributed by atoms with Gasteiger partial charge in [-0.05, 0) is 12.8 Å². The molecule has 1 aliphatic rings. The van der Waals surface area contributed by atoms with E-state index in [1.165, 1.54) is 0 Å². The van der Waals surface area contributed by atoms with Gasteiger partial charge in [-0.2, -0.15) is 13.2 Å². The van der Waals surface area contributed by atoms with Crippen molar-refractivity contribution in [3.05, 3.63) is 0 Å². The van der Waals surface area contributed by atoms with Gasteiger partial charge in [0, 0.05) is 26.2 Å². The molecule has 1 fully saturated rings. The average Bonchev–Trinajstić information content (AvgIpc) is 2.55. The number of amides is 1. The van der Waals surface area contributed by atoms with Crippen LogP contribution >= 0.6 is 0 Å². The van der Waals surface area contributed by atoms with Crippen LogP contribution in [0.25, 0.3) is 0 Å². The lowest BCUT2D eigenvalue weighted by atomic mass is 10.2. The molecule has 1 heterocycles. The highest BCUT2D eigenvalue weighted by Crippen LogP contribution is 2.16. The quantitative estimate of drug-likeness (QED) is 0.824. The maximum Gasteiger partial charge on any atom is 0.401 e. The van der Waals surface area contributed by atoms with Gasteiger partial charge in [0.25, 0.3) is 0 Å². The molecule has 0 aromatic heterocycles. The van der Waals surface area contributed by atoms with Crippen LogP contribution in [0, 0.1) is 0 Å². The van der Waals surface area contributed by atoms with E-state index in [-0.39, 0.29) is 25.5 Å². The second-order valence-corrected chi connectivity index (χ2v) is 4.91. The molecule has 19 heavy (non-hydrogen) atoms. The first-order chi connectivity index (χ1) is 8.92. The molecule has 112 valence electrons. The van der Waals surface area contributed by atoms with E-state index in [2.05, 4.69) is 0 Å². The molecule has 1 rings (SSSR count). The molecule has 2 N–H and O–H groups in total. The van der Waals surface area contributed by atoms with Gasteiger partial charge in [-0.3, -0.25) is 9.69 Å². The van der Waals surface area contributed by atoms with Crippen LogP contribution < -0.4 is 5.73 Å². The van der Waals surface area contributed by atoms with Crippen molar-refractivity contribution >= 4 is 5.91 Å². The Kier molecular flexibility index (Phi) is 6.57. The minimum absolute atomic E-state index is 0.0824. The maximum absolute atomic E-state index is 12.4. The molecule has 0 bridgehead atoms. The van der Waals surface area contributed by atoms with Gasteiger partial charge in [-0.1, -0.05) is 12.8 Å². The third-order valence-electron chi connectivity index (χ3n) is 3.17. The molecule has 0 saturated carbocycles. The van der Waals surface area contributed by atoms with Crippen molar-refractivity contribution < 1.29 is 18.0 Å². The fourth-order valence-corrected chi connectivity index (χ4v) is 2.26. The van der Waals surface area contributed by atoms with Gasteiger partial charge in [-0.15, -0.1) is 0 Å². The first-order valence-electron chi connectivity index (χ1n) is 6.69. The second-order valence-electron chi connectivity index (χ2n) is 4.91. The van der Waals surface area contributed by atoms with E-state index >= 15 is 0 Å². The molecule has 0 radical (unpaired) electrons. The van der Waals surface area contributed by atoms with Gasteiger partial charge in [0.15, 0.2) is 0 Å². The number of nitrogens with two attached hydrogens (primary N) is 1. The van der Waals surface area contributed by atoms with E-state index in [0.29, 0.717) is 13.1 Å². The first kappa shape index (κ1) is 16.2. The minimum atomic E-state index is -4.30. The van der Waals surface area contributed by atoms with Crippen LogP contribution in [0.15, 0.2) is 0 Å². The van der Waals surface area contributed by atoms with E-state index in [9.17, 15) is 18.0 Å². The van der Waals surface area contributed by atoms with Crippen molar-refractivity contribution in [3.8, 4) is 0 Å². The second kappa shape index (κ2) is 7.69. The third kappa shape index (κ3) is 6.77. The van der Waals surface area contributed by atoms with Crippen LogP contribution in [0.1, 0.15) is 25.7 Å². The van der Waals surface area contributed by atoms with E-state index in [1.54, 1.807) is 4.90 Å². The maximum atomic E-state index is 12.4. The fraction of sp³-hybridized carbons (Fsp3) is 0.917. The van der Waals surface area contributed by atoms with E-state index in [1.807, 2.05) is 0 Å². The number of alkyl halides is 3. The summed E-state index contributed by atoms with van der Waals surface area (Å²) in [7, 11) is 0. The summed E-state index contributed by atoms with van der Waals surface area (Å²) >= 11 is 0. The Morgan fingerprint density at radius 1 is 1.16 bits per heavy atom. The summed E-state index contributed by atoms with van der Waals surface area (Å²) < 4.78 is 37.1. The normalized spacial score (nSPS) is 17.6. The monoisotopic (exact) mass is 281 g/mol. The third-order valence-corrected chi connectivity index (χ3v) is 3.17. The summed E-state index contributed by atoms with van der Waals surface area (Å²) in [4.78, 5) is 14.7.